The largest absolute Gasteiger partial charge is 0.340 e. The van der Waals surface area contributed by atoms with Crippen LogP contribution < -0.4 is 0 Å². The molecule has 2 aromatic carbocycles. The Morgan fingerprint density at radius 1 is 0.724 bits per heavy atom. The first kappa shape index (κ1) is 19.7. The minimum Gasteiger partial charge on any atom is -0.340 e. The molecule has 0 fully saturated rings. The first-order valence-electron chi connectivity index (χ1n) is 11.3. The van der Waals surface area contributed by atoms with Crippen molar-refractivity contribution in [1.29, 1.82) is 0 Å². The van der Waals surface area contributed by atoms with Crippen molar-refractivity contribution < 1.29 is 0 Å². The summed E-state index contributed by atoms with van der Waals surface area (Å²) in [5.41, 5.74) is 5.18. The zero-order valence-corrected chi connectivity index (χ0v) is 17.6. The molecule has 0 aliphatic heterocycles. The summed E-state index contributed by atoms with van der Waals surface area (Å²) in [6.45, 7) is 3.36. The zero-order chi connectivity index (χ0) is 19.9. The summed E-state index contributed by atoms with van der Waals surface area (Å²) in [5, 5.41) is 2.70. The van der Waals surface area contributed by atoms with Crippen LogP contribution in [0.25, 0.3) is 32.9 Å². The van der Waals surface area contributed by atoms with Gasteiger partial charge in [0.05, 0.1) is 5.52 Å². The van der Waals surface area contributed by atoms with Crippen LogP contribution in [0.1, 0.15) is 58.3 Å². The van der Waals surface area contributed by atoms with E-state index in [0.29, 0.717) is 0 Å². The SMILES string of the molecule is CCCCCCCCCCn1c2ccccc2c2cccc(-c3cccnc3)c21. The van der Waals surface area contributed by atoms with Crippen LogP contribution in [0.4, 0.5) is 0 Å². The molecule has 0 amide bonds. The van der Waals surface area contributed by atoms with Crippen molar-refractivity contribution in [2.24, 2.45) is 0 Å². The van der Waals surface area contributed by atoms with E-state index in [2.05, 4.69) is 65.0 Å². The van der Waals surface area contributed by atoms with Crippen molar-refractivity contribution in [1.82, 2.24) is 9.55 Å². The van der Waals surface area contributed by atoms with E-state index in [9.17, 15) is 0 Å². The lowest BCUT2D eigenvalue weighted by molar-refractivity contribution is 0.553. The molecule has 0 aliphatic rings. The molecule has 0 spiro atoms. The lowest BCUT2D eigenvalue weighted by atomic mass is 10.0. The topological polar surface area (TPSA) is 17.8 Å². The highest BCUT2D eigenvalue weighted by Gasteiger charge is 2.14. The van der Waals surface area contributed by atoms with Crippen molar-refractivity contribution in [2.45, 2.75) is 64.8 Å². The molecule has 2 heterocycles. The van der Waals surface area contributed by atoms with Gasteiger partial charge in [0.1, 0.15) is 0 Å². The second kappa shape index (κ2) is 9.73. The maximum atomic E-state index is 4.36. The van der Waals surface area contributed by atoms with Crippen molar-refractivity contribution >= 4 is 21.8 Å². The molecule has 4 rings (SSSR count). The summed E-state index contributed by atoms with van der Waals surface area (Å²) >= 11 is 0. The molecule has 0 atom stereocenters. The fraction of sp³-hybridized carbons (Fsp3) is 0.370. The number of fused-ring (bicyclic) bond motifs is 3. The Hall–Kier alpha value is -2.61. The normalized spacial score (nSPS) is 11.5. The summed E-state index contributed by atoms with van der Waals surface area (Å²) in [7, 11) is 0. The molecule has 0 N–H and O–H groups in total. The summed E-state index contributed by atoms with van der Waals surface area (Å²) in [5.74, 6) is 0. The van der Waals surface area contributed by atoms with Crippen LogP contribution in [0.5, 0.6) is 0 Å². The third-order valence-corrected chi connectivity index (χ3v) is 6.00. The molecule has 0 bridgehead atoms. The summed E-state index contributed by atoms with van der Waals surface area (Å²) in [6.07, 6.45) is 14.6. The standard InChI is InChI=1S/C27H32N2/c1-2-3-4-5-6-7-8-11-20-29-26-18-10-9-15-24(26)25-17-12-16-23(27(25)29)22-14-13-19-28-21-22/h9-10,12-19,21H,2-8,11,20H2,1H3. The highest BCUT2D eigenvalue weighted by atomic mass is 15.0. The monoisotopic (exact) mass is 384 g/mol. The fourth-order valence-electron chi connectivity index (χ4n) is 4.50. The summed E-state index contributed by atoms with van der Waals surface area (Å²) in [6, 6.07) is 19.7. The molecule has 0 saturated heterocycles. The quantitative estimate of drug-likeness (QED) is 0.253. The fourth-order valence-corrected chi connectivity index (χ4v) is 4.50. The van der Waals surface area contributed by atoms with E-state index in [0.717, 1.165) is 6.54 Å². The molecule has 0 saturated carbocycles. The number of hydrogen-bond acceptors (Lipinski definition) is 1. The number of unbranched alkanes of at least 4 members (excludes halogenated alkanes) is 7. The number of aryl methyl sites for hydroxylation is 1. The molecule has 2 nitrogen and oxygen atoms in total. The summed E-state index contributed by atoms with van der Waals surface area (Å²) < 4.78 is 2.55. The highest BCUT2D eigenvalue weighted by molar-refractivity contribution is 6.12. The van der Waals surface area contributed by atoms with Crippen LogP contribution in [0.2, 0.25) is 0 Å². The maximum Gasteiger partial charge on any atom is 0.0571 e. The first-order chi connectivity index (χ1) is 14.4. The molecule has 0 radical (unpaired) electrons. The number of nitrogens with zero attached hydrogens (tertiary/aromatic N) is 2. The Balaban J connectivity index is 1.60. The Morgan fingerprint density at radius 2 is 1.48 bits per heavy atom. The van der Waals surface area contributed by atoms with Gasteiger partial charge in [-0.3, -0.25) is 4.98 Å². The second-order valence-electron chi connectivity index (χ2n) is 8.09. The van der Waals surface area contributed by atoms with Crippen LogP contribution in [0.15, 0.2) is 67.0 Å². The van der Waals surface area contributed by atoms with Gasteiger partial charge in [0.15, 0.2) is 0 Å². The molecule has 2 heteroatoms. The van der Waals surface area contributed by atoms with Gasteiger partial charge >= 0.3 is 0 Å². The molecular formula is C27H32N2. The van der Waals surface area contributed by atoms with Crippen LogP contribution in [-0.4, -0.2) is 9.55 Å². The minimum atomic E-state index is 1.08. The Morgan fingerprint density at radius 3 is 2.28 bits per heavy atom. The van der Waals surface area contributed by atoms with Crippen LogP contribution in [0.3, 0.4) is 0 Å². The maximum absolute atomic E-state index is 4.36. The molecule has 0 unspecified atom stereocenters. The van der Waals surface area contributed by atoms with Crippen LogP contribution in [-0.2, 0) is 6.54 Å². The Labute approximate surface area is 174 Å². The number of aromatic nitrogens is 2. The molecule has 29 heavy (non-hydrogen) atoms. The molecule has 0 aliphatic carbocycles. The zero-order valence-electron chi connectivity index (χ0n) is 17.6. The van der Waals surface area contributed by atoms with Crippen molar-refractivity contribution in [3.8, 4) is 11.1 Å². The van der Waals surface area contributed by atoms with E-state index in [1.807, 2.05) is 18.5 Å². The van der Waals surface area contributed by atoms with Crippen LogP contribution >= 0.6 is 0 Å². The first-order valence-corrected chi connectivity index (χ1v) is 11.3. The highest BCUT2D eigenvalue weighted by Crippen LogP contribution is 2.36. The molecule has 4 aromatic rings. The van der Waals surface area contributed by atoms with E-state index in [1.165, 1.54) is 84.3 Å². The van der Waals surface area contributed by atoms with Gasteiger partial charge in [0.2, 0.25) is 0 Å². The number of para-hydroxylation sites is 2. The van der Waals surface area contributed by atoms with Gasteiger partial charge in [-0.25, -0.2) is 0 Å². The van der Waals surface area contributed by atoms with Crippen LogP contribution in [0, 0.1) is 0 Å². The third kappa shape index (κ3) is 4.37. The van der Waals surface area contributed by atoms with E-state index in [-0.39, 0.29) is 0 Å². The van der Waals surface area contributed by atoms with E-state index in [1.54, 1.807) is 0 Å². The lowest BCUT2D eigenvalue weighted by Crippen LogP contribution is -1.99. The van der Waals surface area contributed by atoms with Gasteiger partial charge in [0.25, 0.3) is 0 Å². The predicted molar refractivity (Wildman–Crippen MR) is 125 cm³/mol. The number of rotatable bonds is 10. The third-order valence-electron chi connectivity index (χ3n) is 6.00. The number of benzene rings is 2. The van der Waals surface area contributed by atoms with Gasteiger partial charge in [-0.2, -0.15) is 0 Å². The number of pyridine rings is 1. The predicted octanol–water partition coefficient (Wildman–Crippen LogP) is 8.00. The number of hydrogen-bond donors (Lipinski definition) is 0. The van der Waals surface area contributed by atoms with E-state index < -0.39 is 0 Å². The average Bonchev–Trinajstić information content (AvgIpc) is 3.10. The van der Waals surface area contributed by atoms with Gasteiger partial charge < -0.3 is 4.57 Å². The average molecular weight is 385 g/mol. The summed E-state index contributed by atoms with van der Waals surface area (Å²) in [4.78, 5) is 4.36. The smallest absolute Gasteiger partial charge is 0.0571 e. The van der Waals surface area contributed by atoms with E-state index >= 15 is 0 Å². The van der Waals surface area contributed by atoms with Gasteiger partial charge in [-0.15, -0.1) is 0 Å². The van der Waals surface area contributed by atoms with E-state index in [4.69, 9.17) is 0 Å². The van der Waals surface area contributed by atoms with Crippen molar-refractivity contribution in [2.75, 3.05) is 0 Å². The Bertz CT molecular complexity index is 1050. The molecule has 2 aromatic heterocycles. The van der Waals surface area contributed by atoms with Crippen molar-refractivity contribution in [3.63, 3.8) is 0 Å². The lowest BCUT2D eigenvalue weighted by Gasteiger charge is -2.11. The second-order valence-corrected chi connectivity index (χ2v) is 8.09. The van der Waals surface area contributed by atoms with Crippen molar-refractivity contribution in [3.05, 3.63) is 67.0 Å². The molecular weight excluding hydrogens is 352 g/mol. The Kier molecular flexibility index (Phi) is 6.61. The van der Waals surface area contributed by atoms with Gasteiger partial charge in [-0.1, -0.05) is 94.3 Å². The minimum absolute atomic E-state index is 1.08. The van der Waals surface area contributed by atoms with Gasteiger partial charge in [-0.05, 0) is 18.6 Å². The van der Waals surface area contributed by atoms with Gasteiger partial charge in [0, 0.05) is 46.4 Å². The molecule has 150 valence electrons.